The maximum Gasteiger partial charge on any atom is 0.167 e. The predicted molar refractivity (Wildman–Crippen MR) is 123 cm³/mol. The molecule has 0 aliphatic carbocycles. The number of halogens is 1. The van der Waals surface area contributed by atoms with Gasteiger partial charge in [0.1, 0.15) is 0 Å². The lowest BCUT2D eigenvalue weighted by Gasteiger charge is -2.07. The molecule has 0 bridgehead atoms. The molecule has 0 aliphatic heterocycles. The summed E-state index contributed by atoms with van der Waals surface area (Å²) in [6.07, 6.45) is 1.30. The van der Waals surface area contributed by atoms with Gasteiger partial charge in [0.2, 0.25) is 0 Å². The molecule has 4 aromatic rings. The fourth-order valence-corrected chi connectivity index (χ4v) is 3.65. The average molecular weight is 441 g/mol. The van der Waals surface area contributed by atoms with Gasteiger partial charge in [0.05, 0.1) is 0 Å². The highest BCUT2D eigenvalue weighted by Crippen LogP contribution is 2.23. The molecule has 0 saturated heterocycles. The highest BCUT2D eigenvalue weighted by atomic mass is 79.9. The molecule has 0 fully saturated rings. The molecule has 0 radical (unpaired) electrons. The Hall–Kier alpha value is -2.97. The van der Waals surface area contributed by atoms with Crippen molar-refractivity contribution in [3.8, 4) is 11.1 Å². The highest BCUT2D eigenvalue weighted by Gasteiger charge is 2.07. The summed E-state index contributed by atoms with van der Waals surface area (Å²) in [6, 6.07) is 34.9. The summed E-state index contributed by atoms with van der Waals surface area (Å²) < 4.78 is 1.09. The quantitative estimate of drug-likeness (QED) is 0.291. The molecule has 0 atom stereocenters. The third-order valence-electron chi connectivity index (χ3n) is 5.02. The Labute approximate surface area is 180 Å². The standard InChI is InChI=1S/C27H21BrO/c28-26-16-14-24(15-17-26)23-10-6-21(7-11-23)18-22-8-12-25(13-9-22)27(29)19-20-4-2-1-3-5-20/h1-17H,18-19H2. The maximum absolute atomic E-state index is 12.5. The summed E-state index contributed by atoms with van der Waals surface area (Å²) in [6.45, 7) is 0. The molecule has 2 heteroatoms. The average Bonchev–Trinajstić information content (AvgIpc) is 2.76. The minimum absolute atomic E-state index is 0.154. The van der Waals surface area contributed by atoms with Crippen molar-refractivity contribution < 1.29 is 4.79 Å². The molecule has 4 rings (SSSR count). The summed E-state index contributed by atoms with van der Waals surface area (Å²) in [4.78, 5) is 12.5. The Balaban J connectivity index is 1.40. The molecule has 0 aromatic heterocycles. The van der Waals surface area contributed by atoms with E-state index < -0.39 is 0 Å². The van der Waals surface area contributed by atoms with Gasteiger partial charge in [0.25, 0.3) is 0 Å². The molecule has 0 saturated carbocycles. The molecule has 0 spiro atoms. The lowest BCUT2D eigenvalue weighted by molar-refractivity contribution is 0.0993. The van der Waals surface area contributed by atoms with E-state index in [9.17, 15) is 4.79 Å². The van der Waals surface area contributed by atoms with E-state index in [1.165, 1.54) is 22.3 Å². The van der Waals surface area contributed by atoms with Gasteiger partial charge in [-0.3, -0.25) is 4.79 Å². The number of benzene rings is 4. The Morgan fingerprint density at radius 3 is 1.69 bits per heavy atom. The molecular weight excluding hydrogens is 420 g/mol. The van der Waals surface area contributed by atoms with E-state index in [1.54, 1.807) is 0 Å². The molecule has 0 unspecified atom stereocenters. The Morgan fingerprint density at radius 1 is 0.586 bits per heavy atom. The van der Waals surface area contributed by atoms with Gasteiger partial charge in [-0.15, -0.1) is 0 Å². The molecule has 4 aromatic carbocycles. The van der Waals surface area contributed by atoms with E-state index >= 15 is 0 Å². The zero-order valence-corrected chi connectivity index (χ0v) is 17.6. The van der Waals surface area contributed by atoms with Crippen LogP contribution in [0.15, 0.2) is 108 Å². The van der Waals surface area contributed by atoms with Crippen molar-refractivity contribution in [2.45, 2.75) is 12.8 Å². The third-order valence-corrected chi connectivity index (χ3v) is 5.55. The number of ketones is 1. The van der Waals surface area contributed by atoms with Crippen molar-refractivity contribution in [2.24, 2.45) is 0 Å². The van der Waals surface area contributed by atoms with Gasteiger partial charge >= 0.3 is 0 Å². The van der Waals surface area contributed by atoms with Crippen molar-refractivity contribution in [3.05, 3.63) is 130 Å². The minimum atomic E-state index is 0.154. The SMILES string of the molecule is O=C(Cc1ccccc1)c1ccc(Cc2ccc(-c3ccc(Br)cc3)cc2)cc1. The van der Waals surface area contributed by atoms with Crippen LogP contribution >= 0.6 is 15.9 Å². The monoisotopic (exact) mass is 440 g/mol. The van der Waals surface area contributed by atoms with E-state index in [4.69, 9.17) is 0 Å². The van der Waals surface area contributed by atoms with Crippen LogP contribution < -0.4 is 0 Å². The van der Waals surface area contributed by atoms with Crippen molar-refractivity contribution in [1.29, 1.82) is 0 Å². The van der Waals surface area contributed by atoms with Crippen LogP contribution in [0, 0.1) is 0 Å². The molecule has 0 N–H and O–H groups in total. The van der Waals surface area contributed by atoms with E-state index in [0.717, 1.165) is 22.0 Å². The van der Waals surface area contributed by atoms with Gasteiger partial charge < -0.3 is 0 Å². The number of rotatable bonds is 6. The van der Waals surface area contributed by atoms with Gasteiger partial charge in [0, 0.05) is 16.5 Å². The maximum atomic E-state index is 12.5. The summed E-state index contributed by atoms with van der Waals surface area (Å²) in [5.41, 5.74) is 6.70. The smallest absolute Gasteiger partial charge is 0.167 e. The van der Waals surface area contributed by atoms with E-state index in [-0.39, 0.29) is 5.78 Å². The van der Waals surface area contributed by atoms with Crippen molar-refractivity contribution in [2.75, 3.05) is 0 Å². The van der Waals surface area contributed by atoms with Crippen molar-refractivity contribution >= 4 is 21.7 Å². The summed E-state index contributed by atoms with van der Waals surface area (Å²) in [5.74, 6) is 0.154. The number of hydrogen-bond donors (Lipinski definition) is 0. The third kappa shape index (κ3) is 5.10. The summed E-state index contributed by atoms with van der Waals surface area (Å²) in [7, 11) is 0. The first-order valence-electron chi connectivity index (χ1n) is 9.68. The van der Waals surface area contributed by atoms with Gasteiger partial charge in [0.15, 0.2) is 5.78 Å². The van der Waals surface area contributed by atoms with Crippen LogP contribution in [0.25, 0.3) is 11.1 Å². The second-order valence-corrected chi connectivity index (χ2v) is 8.08. The van der Waals surface area contributed by atoms with Crippen LogP contribution in [0.4, 0.5) is 0 Å². The van der Waals surface area contributed by atoms with E-state index in [0.29, 0.717) is 6.42 Å². The first kappa shape index (κ1) is 19.4. The van der Waals surface area contributed by atoms with Crippen molar-refractivity contribution in [3.63, 3.8) is 0 Å². The molecule has 1 nitrogen and oxygen atoms in total. The summed E-state index contributed by atoms with van der Waals surface area (Å²) >= 11 is 3.48. The fraction of sp³-hybridized carbons (Fsp3) is 0.0741. The van der Waals surface area contributed by atoms with Gasteiger partial charge in [-0.25, -0.2) is 0 Å². The van der Waals surface area contributed by atoms with Crippen LogP contribution in [-0.4, -0.2) is 5.78 Å². The molecule has 0 amide bonds. The molecule has 142 valence electrons. The molecule has 0 heterocycles. The summed E-state index contributed by atoms with van der Waals surface area (Å²) in [5, 5.41) is 0. The first-order chi connectivity index (χ1) is 14.2. The van der Waals surface area contributed by atoms with E-state index in [2.05, 4.69) is 76.6 Å². The van der Waals surface area contributed by atoms with Crippen LogP contribution in [0.5, 0.6) is 0 Å². The Kier molecular flexibility index (Phi) is 6.02. The topological polar surface area (TPSA) is 17.1 Å². The first-order valence-corrected chi connectivity index (χ1v) is 10.5. The van der Waals surface area contributed by atoms with Crippen LogP contribution in [0.3, 0.4) is 0 Å². The number of carbonyl (C=O) groups is 1. The largest absolute Gasteiger partial charge is 0.294 e. The fourth-order valence-electron chi connectivity index (χ4n) is 3.38. The van der Waals surface area contributed by atoms with Gasteiger partial charge in [-0.2, -0.15) is 0 Å². The number of hydrogen-bond acceptors (Lipinski definition) is 1. The molecule has 0 aliphatic rings. The van der Waals surface area contributed by atoms with E-state index in [1.807, 2.05) is 42.5 Å². The Morgan fingerprint density at radius 2 is 1.10 bits per heavy atom. The zero-order chi connectivity index (χ0) is 20.1. The minimum Gasteiger partial charge on any atom is -0.294 e. The predicted octanol–water partition coefficient (Wildman–Crippen LogP) is 7.13. The van der Waals surface area contributed by atoms with Gasteiger partial charge in [-0.05, 0) is 46.4 Å². The Bertz CT molecular complexity index is 1080. The van der Waals surface area contributed by atoms with Crippen LogP contribution in [-0.2, 0) is 12.8 Å². The lowest BCUT2D eigenvalue weighted by atomic mass is 9.98. The molecule has 29 heavy (non-hydrogen) atoms. The normalized spacial score (nSPS) is 10.7. The second kappa shape index (κ2) is 9.02. The number of Topliss-reactive ketones (excluding diaryl/α,β-unsaturated/α-hetero) is 1. The van der Waals surface area contributed by atoms with Gasteiger partial charge in [-0.1, -0.05) is 107 Å². The van der Waals surface area contributed by atoms with Crippen molar-refractivity contribution in [1.82, 2.24) is 0 Å². The zero-order valence-electron chi connectivity index (χ0n) is 16.0. The lowest BCUT2D eigenvalue weighted by Crippen LogP contribution is -2.03. The molecular formula is C27H21BrO. The number of carbonyl (C=O) groups excluding carboxylic acids is 1. The van der Waals surface area contributed by atoms with Crippen LogP contribution in [0.2, 0.25) is 0 Å². The second-order valence-electron chi connectivity index (χ2n) is 7.16. The highest BCUT2D eigenvalue weighted by molar-refractivity contribution is 9.10. The van der Waals surface area contributed by atoms with Crippen LogP contribution in [0.1, 0.15) is 27.0 Å².